The van der Waals surface area contributed by atoms with Gasteiger partial charge >= 0.3 is 0 Å². The molecule has 1 aliphatic heterocycles. The highest BCUT2D eigenvalue weighted by molar-refractivity contribution is 7.09. The minimum Gasteiger partial charge on any atom is -0.758 e. The molecule has 31 heavy (non-hydrogen) atoms. The topological polar surface area (TPSA) is 46.4 Å². The summed E-state index contributed by atoms with van der Waals surface area (Å²) in [5.74, 6) is 0. The molecule has 0 radical (unpaired) electrons. The summed E-state index contributed by atoms with van der Waals surface area (Å²) in [4.78, 5) is 12.5. The van der Waals surface area contributed by atoms with E-state index >= 15 is 0 Å². The summed E-state index contributed by atoms with van der Waals surface area (Å²) in [6.07, 6.45) is 4.44. The van der Waals surface area contributed by atoms with Crippen LogP contribution in [-0.2, 0) is 0 Å². The maximum Gasteiger partial charge on any atom is 0.256 e. The zero-order valence-electron chi connectivity index (χ0n) is 20.0. The summed E-state index contributed by atoms with van der Waals surface area (Å²) in [7, 11) is -1.90. The Labute approximate surface area is 187 Å². The fourth-order valence-electron chi connectivity index (χ4n) is 3.97. The number of nitroso groups, excluding NO2 is 1. The SMILES string of the molecule is CC(C)(C)N([O-])c1ccc(C2=CC=C(c3ccc([N+](=O)C(C)(C)C)cc3)[Si]2(C)C)cc1. The number of hydrogen-bond donors (Lipinski definition) is 0. The van der Waals surface area contributed by atoms with Crippen molar-refractivity contribution in [3.63, 3.8) is 0 Å². The number of allylic oxidation sites excluding steroid dienone is 2. The Balaban J connectivity index is 1.83. The Bertz CT molecular complexity index is 1030. The third kappa shape index (κ3) is 4.58. The van der Waals surface area contributed by atoms with E-state index in [0.29, 0.717) is 11.4 Å². The third-order valence-corrected chi connectivity index (χ3v) is 9.41. The van der Waals surface area contributed by atoms with Crippen LogP contribution in [0.25, 0.3) is 10.4 Å². The van der Waals surface area contributed by atoms with Gasteiger partial charge in [-0.15, -0.1) is 0 Å². The zero-order chi connectivity index (χ0) is 23.2. The smallest absolute Gasteiger partial charge is 0.256 e. The van der Waals surface area contributed by atoms with Crippen LogP contribution in [0, 0.1) is 10.1 Å². The van der Waals surface area contributed by atoms with Crippen LogP contribution in [-0.4, -0.2) is 23.9 Å². The van der Waals surface area contributed by atoms with Crippen molar-refractivity contribution < 1.29 is 4.76 Å². The molecule has 0 spiro atoms. The molecule has 5 heteroatoms. The Kier molecular flexibility index (Phi) is 5.89. The quantitative estimate of drug-likeness (QED) is 0.289. The van der Waals surface area contributed by atoms with Gasteiger partial charge < -0.3 is 10.3 Å². The van der Waals surface area contributed by atoms with Crippen molar-refractivity contribution in [1.82, 2.24) is 0 Å². The normalized spacial score (nSPS) is 16.0. The maximum absolute atomic E-state index is 12.5. The molecule has 0 fully saturated rings. The summed E-state index contributed by atoms with van der Waals surface area (Å²) in [6.45, 7) is 16.2. The standard InChI is InChI=1S/C26H34N2O2Si/c1-25(2,3)27(29)21-13-9-19(10-14-21)23-17-18-24(31(23,7)8)20-11-15-22(16-12-20)28(30)26(4,5)6/h9-18H,1-8H3. The highest BCUT2D eigenvalue weighted by Crippen LogP contribution is 2.42. The Morgan fingerprint density at radius 3 is 1.58 bits per heavy atom. The summed E-state index contributed by atoms with van der Waals surface area (Å²) in [6, 6.07) is 15.9. The third-order valence-electron chi connectivity index (χ3n) is 5.81. The number of nitrogens with zero attached hydrogens (tertiary/aromatic N) is 2. The summed E-state index contributed by atoms with van der Waals surface area (Å²) in [5.41, 5.74) is 2.78. The lowest BCUT2D eigenvalue weighted by atomic mass is 10.1. The molecular weight excluding hydrogens is 400 g/mol. The van der Waals surface area contributed by atoms with Gasteiger partial charge in [0.25, 0.3) is 5.69 Å². The Morgan fingerprint density at radius 2 is 1.19 bits per heavy atom. The molecule has 4 nitrogen and oxygen atoms in total. The molecule has 0 aliphatic carbocycles. The molecular formula is C26H34N2O2Si. The van der Waals surface area contributed by atoms with E-state index in [9.17, 15) is 10.1 Å². The fraction of sp³-hybridized carbons (Fsp3) is 0.385. The van der Waals surface area contributed by atoms with E-state index in [4.69, 9.17) is 0 Å². The minimum absolute atomic E-state index is 0.463. The molecule has 0 bridgehead atoms. The van der Waals surface area contributed by atoms with Crippen molar-refractivity contribution in [1.29, 1.82) is 0 Å². The second-order valence-electron chi connectivity index (χ2n) is 10.8. The van der Waals surface area contributed by atoms with Crippen LogP contribution in [0.15, 0.2) is 60.7 Å². The number of benzene rings is 2. The van der Waals surface area contributed by atoms with Gasteiger partial charge in [0.05, 0.1) is 0 Å². The maximum atomic E-state index is 12.5. The molecule has 0 amide bonds. The lowest BCUT2D eigenvalue weighted by Gasteiger charge is -2.43. The average molecular weight is 435 g/mol. The van der Waals surface area contributed by atoms with Gasteiger partial charge in [-0.2, -0.15) is 0 Å². The van der Waals surface area contributed by atoms with E-state index in [1.54, 1.807) is 0 Å². The first-order valence-corrected chi connectivity index (χ1v) is 13.8. The molecule has 164 valence electrons. The highest BCUT2D eigenvalue weighted by Gasteiger charge is 2.36. The lowest BCUT2D eigenvalue weighted by Crippen LogP contribution is -2.36. The van der Waals surface area contributed by atoms with E-state index in [1.165, 1.54) is 21.5 Å². The van der Waals surface area contributed by atoms with Gasteiger partial charge in [0.2, 0.25) is 5.54 Å². The summed E-state index contributed by atoms with van der Waals surface area (Å²) in [5, 5.41) is 16.2. The van der Waals surface area contributed by atoms with Gasteiger partial charge in [0, 0.05) is 53.8 Å². The van der Waals surface area contributed by atoms with Crippen molar-refractivity contribution in [2.45, 2.75) is 65.7 Å². The van der Waals surface area contributed by atoms with Crippen molar-refractivity contribution >= 4 is 29.8 Å². The molecule has 2 aromatic carbocycles. The van der Waals surface area contributed by atoms with E-state index in [1.807, 2.05) is 65.8 Å². The second-order valence-corrected chi connectivity index (χ2v) is 15.1. The molecule has 0 saturated carbocycles. The zero-order valence-corrected chi connectivity index (χ0v) is 21.0. The molecule has 0 saturated heterocycles. The number of hydroxylamine groups is 1. The molecule has 0 N–H and O–H groups in total. The molecule has 0 unspecified atom stereocenters. The molecule has 0 aromatic heterocycles. The summed E-state index contributed by atoms with van der Waals surface area (Å²) < 4.78 is 1.06. The van der Waals surface area contributed by atoms with E-state index < -0.39 is 19.2 Å². The fourth-order valence-corrected chi connectivity index (χ4v) is 7.04. The second kappa shape index (κ2) is 7.88. The van der Waals surface area contributed by atoms with Crippen LogP contribution in [0.2, 0.25) is 13.1 Å². The Morgan fingerprint density at radius 1 is 0.774 bits per heavy atom. The Hall–Kier alpha value is -2.50. The first-order chi connectivity index (χ1) is 14.2. The van der Waals surface area contributed by atoms with Gasteiger partial charge in [-0.05, 0) is 66.6 Å². The van der Waals surface area contributed by atoms with Crippen molar-refractivity contribution in [3.8, 4) is 0 Å². The monoisotopic (exact) mass is 434 g/mol. The van der Waals surface area contributed by atoms with Crippen LogP contribution in [0.3, 0.4) is 0 Å². The van der Waals surface area contributed by atoms with Crippen molar-refractivity contribution in [2.75, 3.05) is 5.06 Å². The van der Waals surface area contributed by atoms with Crippen molar-refractivity contribution in [3.05, 3.63) is 81.9 Å². The number of rotatable bonds is 4. The predicted octanol–water partition coefficient (Wildman–Crippen LogP) is 7.27. The first kappa shape index (κ1) is 23.2. The molecule has 1 heterocycles. The van der Waals surface area contributed by atoms with Gasteiger partial charge in [-0.25, -0.2) is 0 Å². The first-order valence-electron chi connectivity index (χ1n) is 10.8. The summed E-state index contributed by atoms with van der Waals surface area (Å²) >= 11 is 0. The van der Waals surface area contributed by atoms with Crippen LogP contribution in [0.5, 0.6) is 0 Å². The highest BCUT2D eigenvalue weighted by atomic mass is 28.3. The molecule has 1 aliphatic rings. The minimum atomic E-state index is -1.90. The molecule has 2 aromatic rings. The van der Waals surface area contributed by atoms with Crippen LogP contribution in [0.4, 0.5) is 11.4 Å². The van der Waals surface area contributed by atoms with Crippen LogP contribution in [0.1, 0.15) is 52.7 Å². The average Bonchev–Trinajstić information content (AvgIpc) is 3.00. The largest absolute Gasteiger partial charge is 0.758 e. The van der Waals surface area contributed by atoms with Gasteiger partial charge in [0.1, 0.15) is 8.07 Å². The number of anilines is 1. The predicted molar refractivity (Wildman–Crippen MR) is 135 cm³/mol. The molecule has 0 atom stereocenters. The van der Waals surface area contributed by atoms with Gasteiger partial charge in [-0.3, -0.25) is 0 Å². The van der Waals surface area contributed by atoms with E-state index in [2.05, 4.69) is 49.5 Å². The molecule has 3 rings (SSSR count). The van der Waals surface area contributed by atoms with E-state index in [-0.39, 0.29) is 0 Å². The van der Waals surface area contributed by atoms with Crippen LogP contribution < -0.4 is 5.06 Å². The lowest BCUT2D eigenvalue weighted by molar-refractivity contribution is -0.540. The van der Waals surface area contributed by atoms with Gasteiger partial charge in [0.15, 0.2) is 0 Å². The van der Waals surface area contributed by atoms with Crippen molar-refractivity contribution in [2.24, 2.45) is 0 Å². The van der Waals surface area contributed by atoms with Gasteiger partial charge in [-0.1, -0.05) is 37.4 Å². The van der Waals surface area contributed by atoms with Crippen LogP contribution >= 0.6 is 0 Å². The number of hydrogen-bond acceptors (Lipinski definition) is 3. The van der Waals surface area contributed by atoms with E-state index in [0.717, 1.165) is 9.82 Å².